The molecule has 0 unspecified atom stereocenters. The van der Waals surface area contributed by atoms with Crippen molar-refractivity contribution in [2.75, 3.05) is 4.90 Å². The van der Waals surface area contributed by atoms with Gasteiger partial charge in [-0.2, -0.15) is 0 Å². The number of ether oxygens (including phenoxy) is 1. The largest absolute Gasteiger partial charge is 0.488 e. The van der Waals surface area contributed by atoms with E-state index in [1.165, 1.54) is 22.5 Å². The number of aryl methyl sites for hydroxylation is 1. The van der Waals surface area contributed by atoms with Gasteiger partial charge in [-0.1, -0.05) is 90.7 Å². The lowest BCUT2D eigenvalue weighted by Crippen LogP contribution is -2.27. The number of benzene rings is 4. The molecule has 5 heteroatoms. The Kier molecular flexibility index (Phi) is 5.99. The molecule has 0 spiro atoms. The number of carbonyl (C=O) groups is 1. The number of rotatable bonds is 5. The zero-order valence-corrected chi connectivity index (χ0v) is 19.7. The molecule has 1 amide bonds. The molecule has 4 aromatic carbocycles. The lowest BCUT2D eigenvalue weighted by Gasteiger charge is -2.15. The summed E-state index contributed by atoms with van der Waals surface area (Å²) in [5.74, 6) is 0.617. The Bertz CT molecular complexity index is 1410. The molecule has 5 rings (SSSR count). The van der Waals surface area contributed by atoms with E-state index < -0.39 is 0 Å². The minimum atomic E-state index is -0.111. The van der Waals surface area contributed by atoms with E-state index in [-0.39, 0.29) is 5.91 Å². The summed E-state index contributed by atoms with van der Waals surface area (Å²) in [6, 6.07) is 30.2. The van der Waals surface area contributed by atoms with Crippen molar-refractivity contribution >= 4 is 56.7 Å². The van der Waals surface area contributed by atoms with Gasteiger partial charge in [-0.05, 0) is 59.2 Å². The first-order valence-electron chi connectivity index (χ1n) is 10.6. The maximum atomic E-state index is 13.2. The third-order valence-electron chi connectivity index (χ3n) is 5.47. The van der Waals surface area contributed by atoms with Crippen molar-refractivity contribution in [3.8, 4) is 5.75 Å². The number of anilines is 1. The number of fused-ring (bicyclic) bond motifs is 1. The van der Waals surface area contributed by atoms with Crippen LogP contribution in [-0.4, -0.2) is 10.2 Å². The Morgan fingerprint density at radius 1 is 0.909 bits per heavy atom. The number of carbonyl (C=O) groups excluding carboxylic acids is 1. The highest BCUT2D eigenvalue weighted by molar-refractivity contribution is 8.27. The van der Waals surface area contributed by atoms with Gasteiger partial charge in [0.1, 0.15) is 12.4 Å². The Morgan fingerprint density at radius 2 is 1.70 bits per heavy atom. The summed E-state index contributed by atoms with van der Waals surface area (Å²) in [5, 5.41) is 2.39. The van der Waals surface area contributed by atoms with Crippen molar-refractivity contribution < 1.29 is 9.53 Å². The Balaban J connectivity index is 1.38. The van der Waals surface area contributed by atoms with Crippen LogP contribution in [0.15, 0.2) is 95.9 Å². The summed E-state index contributed by atoms with van der Waals surface area (Å²) in [7, 11) is 0. The van der Waals surface area contributed by atoms with Gasteiger partial charge in [-0.3, -0.25) is 9.69 Å². The monoisotopic (exact) mass is 467 g/mol. The zero-order chi connectivity index (χ0) is 22.8. The molecule has 0 radical (unpaired) electrons. The van der Waals surface area contributed by atoms with Gasteiger partial charge in [-0.15, -0.1) is 0 Å². The standard InChI is InChI=1S/C28H21NO2S2/c1-19-7-6-11-24(15-19)29-27(30)26(33-28(29)32)17-23-10-4-5-12-25(23)31-18-20-13-14-21-8-2-3-9-22(21)16-20/h2-17H,18H2,1H3/b26-17+. The molecule has 0 saturated carbocycles. The number of thiocarbonyl (C=S) groups is 1. The molecule has 1 heterocycles. The van der Waals surface area contributed by atoms with E-state index in [9.17, 15) is 4.79 Å². The molecule has 0 atom stereocenters. The van der Waals surface area contributed by atoms with Gasteiger partial charge in [0.2, 0.25) is 0 Å². The van der Waals surface area contributed by atoms with Gasteiger partial charge in [0.15, 0.2) is 4.32 Å². The van der Waals surface area contributed by atoms with Gasteiger partial charge in [0, 0.05) is 5.56 Å². The summed E-state index contributed by atoms with van der Waals surface area (Å²) < 4.78 is 6.69. The van der Waals surface area contributed by atoms with Crippen molar-refractivity contribution in [2.45, 2.75) is 13.5 Å². The predicted molar refractivity (Wildman–Crippen MR) is 142 cm³/mol. The van der Waals surface area contributed by atoms with Gasteiger partial charge in [0.25, 0.3) is 5.91 Å². The van der Waals surface area contributed by atoms with Crippen LogP contribution >= 0.6 is 24.0 Å². The van der Waals surface area contributed by atoms with Crippen molar-refractivity contribution in [3.05, 3.63) is 113 Å². The number of thioether (sulfide) groups is 1. The molecule has 1 aliphatic rings. The van der Waals surface area contributed by atoms with Crippen LogP contribution in [0.5, 0.6) is 5.75 Å². The quantitative estimate of drug-likeness (QED) is 0.231. The van der Waals surface area contributed by atoms with Crippen molar-refractivity contribution in [1.29, 1.82) is 0 Å². The molecule has 3 nitrogen and oxygen atoms in total. The molecule has 0 aliphatic carbocycles. The maximum absolute atomic E-state index is 13.2. The van der Waals surface area contributed by atoms with Crippen LogP contribution in [0.3, 0.4) is 0 Å². The SMILES string of the molecule is Cc1cccc(N2C(=O)/C(=C\c3ccccc3OCc3ccc4ccccc4c3)SC2=S)c1. The molecule has 1 saturated heterocycles. The van der Waals surface area contributed by atoms with Crippen molar-refractivity contribution in [3.63, 3.8) is 0 Å². The molecule has 0 bridgehead atoms. The molecule has 162 valence electrons. The second kappa shape index (κ2) is 9.22. The average Bonchev–Trinajstić information content (AvgIpc) is 3.11. The second-order valence-corrected chi connectivity index (χ2v) is 9.54. The number of hydrogen-bond donors (Lipinski definition) is 0. The fourth-order valence-electron chi connectivity index (χ4n) is 3.82. The molecule has 4 aromatic rings. The van der Waals surface area contributed by atoms with Crippen LogP contribution in [0.4, 0.5) is 5.69 Å². The first kappa shape index (κ1) is 21.4. The zero-order valence-electron chi connectivity index (χ0n) is 18.0. The number of nitrogens with zero attached hydrogens (tertiary/aromatic N) is 1. The summed E-state index contributed by atoms with van der Waals surface area (Å²) in [6.07, 6.45) is 1.87. The van der Waals surface area contributed by atoms with Crippen LogP contribution in [0.2, 0.25) is 0 Å². The van der Waals surface area contributed by atoms with E-state index in [2.05, 4.69) is 30.3 Å². The topological polar surface area (TPSA) is 29.5 Å². The van der Waals surface area contributed by atoms with Crippen LogP contribution < -0.4 is 9.64 Å². The summed E-state index contributed by atoms with van der Waals surface area (Å²) in [5.41, 5.74) is 3.82. The van der Waals surface area contributed by atoms with E-state index in [0.29, 0.717) is 15.8 Å². The minimum absolute atomic E-state index is 0.111. The van der Waals surface area contributed by atoms with Crippen LogP contribution in [0.1, 0.15) is 16.7 Å². The first-order valence-corrected chi connectivity index (χ1v) is 11.8. The Labute approximate surface area is 202 Å². The fourth-order valence-corrected chi connectivity index (χ4v) is 5.11. The fraction of sp³-hybridized carbons (Fsp3) is 0.0714. The molecule has 0 aromatic heterocycles. The third kappa shape index (κ3) is 4.56. The molecular weight excluding hydrogens is 446 g/mol. The van der Waals surface area contributed by atoms with Crippen molar-refractivity contribution in [2.24, 2.45) is 0 Å². The smallest absolute Gasteiger partial charge is 0.270 e. The number of para-hydroxylation sites is 1. The molecule has 33 heavy (non-hydrogen) atoms. The Morgan fingerprint density at radius 3 is 2.55 bits per heavy atom. The van der Waals surface area contributed by atoms with Gasteiger partial charge < -0.3 is 4.74 Å². The molecular formula is C28H21NO2S2. The van der Waals surface area contributed by atoms with Crippen LogP contribution in [0.25, 0.3) is 16.8 Å². The highest BCUT2D eigenvalue weighted by atomic mass is 32.2. The molecule has 0 N–H and O–H groups in total. The van der Waals surface area contributed by atoms with Crippen LogP contribution in [-0.2, 0) is 11.4 Å². The van der Waals surface area contributed by atoms with E-state index in [4.69, 9.17) is 17.0 Å². The van der Waals surface area contributed by atoms with E-state index in [1.54, 1.807) is 4.90 Å². The Hall–Kier alpha value is -3.41. The van der Waals surface area contributed by atoms with Gasteiger partial charge >= 0.3 is 0 Å². The molecule has 1 fully saturated rings. The van der Waals surface area contributed by atoms with E-state index in [1.807, 2.05) is 73.7 Å². The minimum Gasteiger partial charge on any atom is -0.488 e. The summed E-state index contributed by atoms with van der Waals surface area (Å²) in [6.45, 7) is 2.44. The maximum Gasteiger partial charge on any atom is 0.270 e. The summed E-state index contributed by atoms with van der Waals surface area (Å²) in [4.78, 5) is 15.3. The highest BCUT2D eigenvalue weighted by Crippen LogP contribution is 2.37. The van der Waals surface area contributed by atoms with Crippen molar-refractivity contribution in [1.82, 2.24) is 0 Å². The number of hydrogen-bond acceptors (Lipinski definition) is 4. The lowest BCUT2D eigenvalue weighted by molar-refractivity contribution is -0.113. The van der Waals surface area contributed by atoms with Gasteiger partial charge in [0.05, 0.1) is 10.6 Å². The van der Waals surface area contributed by atoms with E-state index >= 15 is 0 Å². The first-order chi connectivity index (χ1) is 16.1. The number of amides is 1. The van der Waals surface area contributed by atoms with E-state index in [0.717, 1.165) is 28.1 Å². The second-order valence-electron chi connectivity index (χ2n) is 7.86. The molecule has 1 aliphatic heterocycles. The highest BCUT2D eigenvalue weighted by Gasteiger charge is 2.33. The predicted octanol–water partition coefficient (Wildman–Crippen LogP) is 7.13. The average molecular weight is 468 g/mol. The lowest BCUT2D eigenvalue weighted by atomic mass is 10.1. The normalized spacial score (nSPS) is 14.9. The summed E-state index contributed by atoms with van der Waals surface area (Å²) >= 11 is 6.83. The van der Waals surface area contributed by atoms with Crippen LogP contribution in [0, 0.1) is 6.92 Å². The van der Waals surface area contributed by atoms with Gasteiger partial charge in [-0.25, -0.2) is 0 Å². The third-order valence-corrected chi connectivity index (χ3v) is 6.77.